The minimum absolute atomic E-state index is 0.199. The van der Waals surface area contributed by atoms with Gasteiger partial charge in [-0.25, -0.2) is 14.6 Å². The van der Waals surface area contributed by atoms with Crippen LogP contribution >= 0.6 is 0 Å². The first-order valence-corrected chi connectivity index (χ1v) is 11.0. The van der Waals surface area contributed by atoms with Crippen LogP contribution in [-0.2, 0) is 0 Å². The molecule has 0 bridgehead atoms. The van der Waals surface area contributed by atoms with Crippen LogP contribution in [0.2, 0.25) is 0 Å². The Labute approximate surface area is 206 Å². The Morgan fingerprint density at radius 1 is 0.528 bits per heavy atom. The topological polar surface area (TPSA) is 87.5 Å². The van der Waals surface area contributed by atoms with Gasteiger partial charge in [-0.15, -0.1) is 0 Å². The molecule has 0 unspecified atom stereocenters. The third-order valence-electron chi connectivity index (χ3n) is 5.53. The monoisotopic (exact) mass is 467 g/mol. The van der Waals surface area contributed by atoms with Crippen molar-refractivity contribution in [3.63, 3.8) is 0 Å². The van der Waals surface area contributed by atoms with Crippen LogP contribution < -0.4 is 0 Å². The lowest BCUT2D eigenvalue weighted by molar-refractivity contribution is 0.0686. The van der Waals surface area contributed by atoms with Crippen LogP contribution in [0, 0.1) is 23.7 Å². The van der Waals surface area contributed by atoms with E-state index in [0.717, 1.165) is 32.9 Å². The summed E-state index contributed by atoms with van der Waals surface area (Å²) in [6, 6.07) is 26.6. The molecule has 4 aromatic carbocycles. The van der Waals surface area contributed by atoms with Gasteiger partial charge in [-0.05, 0) is 78.9 Å². The second-order valence-corrected chi connectivity index (χ2v) is 8.08. The van der Waals surface area contributed by atoms with Crippen LogP contribution in [0.1, 0.15) is 43.0 Å². The summed E-state index contributed by atoms with van der Waals surface area (Å²) in [4.78, 5) is 27.1. The number of hydrogen-bond acceptors (Lipinski definition) is 3. The Balaban J connectivity index is 1.47. The number of carbonyl (C=O) groups is 2. The minimum atomic E-state index is -0.986. The standard InChI is InChI=1S/C31H17NO4/c33-30(34)24-5-1-3-20(15-24)7-9-22-11-13-28-26(17-22)19-27-18-23(12-14-29(27)32-28)10-8-21-4-2-6-25(16-21)31(35)36/h1-6,11-19H,(H,33,34)(H,35,36). The highest BCUT2D eigenvalue weighted by molar-refractivity contribution is 5.94. The molecule has 0 fully saturated rings. The van der Waals surface area contributed by atoms with Crippen LogP contribution in [0.25, 0.3) is 21.8 Å². The number of nitrogens with zero attached hydrogens (tertiary/aromatic N) is 1. The van der Waals surface area contributed by atoms with Gasteiger partial charge in [0.05, 0.1) is 22.2 Å². The minimum Gasteiger partial charge on any atom is -0.478 e. The van der Waals surface area contributed by atoms with Gasteiger partial charge in [0, 0.05) is 33.0 Å². The predicted molar refractivity (Wildman–Crippen MR) is 138 cm³/mol. The van der Waals surface area contributed by atoms with Gasteiger partial charge in [-0.3, -0.25) is 0 Å². The lowest BCUT2D eigenvalue weighted by Gasteiger charge is -2.03. The predicted octanol–water partition coefficient (Wildman–Crippen LogP) is 5.58. The molecular weight excluding hydrogens is 450 g/mol. The van der Waals surface area contributed by atoms with Crippen molar-refractivity contribution >= 4 is 33.7 Å². The van der Waals surface area contributed by atoms with Gasteiger partial charge in [-0.2, -0.15) is 0 Å². The number of carboxylic acids is 2. The molecule has 5 heteroatoms. The van der Waals surface area contributed by atoms with E-state index in [4.69, 9.17) is 15.2 Å². The van der Waals surface area contributed by atoms with E-state index in [9.17, 15) is 9.59 Å². The number of hydrogen-bond donors (Lipinski definition) is 2. The third kappa shape index (κ3) is 4.92. The summed E-state index contributed by atoms with van der Waals surface area (Å²) in [6.45, 7) is 0. The maximum absolute atomic E-state index is 11.2. The average molecular weight is 467 g/mol. The fourth-order valence-electron chi connectivity index (χ4n) is 3.75. The summed E-state index contributed by atoms with van der Waals surface area (Å²) >= 11 is 0. The molecule has 170 valence electrons. The third-order valence-corrected chi connectivity index (χ3v) is 5.53. The second-order valence-electron chi connectivity index (χ2n) is 8.08. The lowest BCUT2D eigenvalue weighted by Crippen LogP contribution is -1.95. The largest absolute Gasteiger partial charge is 0.478 e. The Morgan fingerprint density at radius 3 is 1.36 bits per heavy atom. The number of aromatic carboxylic acids is 2. The maximum Gasteiger partial charge on any atom is 0.335 e. The highest BCUT2D eigenvalue weighted by Crippen LogP contribution is 2.22. The fourth-order valence-corrected chi connectivity index (χ4v) is 3.75. The summed E-state index contributed by atoms with van der Waals surface area (Å²) in [5.74, 6) is 10.3. The molecule has 0 radical (unpaired) electrons. The molecule has 36 heavy (non-hydrogen) atoms. The van der Waals surface area contributed by atoms with Crippen molar-refractivity contribution in [3.05, 3.63) is 124 Å². The molecule has 0 saturated heterocycles. The zero-order valence-electron chi connectivity index (χ0n) is 18.8. The molecule has 1 heterocycles. The molecule has 2 N–H and O–H groups in total. The molecule has 0 saturated carbocycles. The van der Waals surface area contributed by atoms with E-state index in [2.05, 4.69) is 23.7 Å². The van der Waals surface area contributed by atoms with Crippen LogP contribution in [0.5, 0.6) is 0 Å². The molecule has 0 spiro atoms. The van der Waals surface area contributed by atoms with Crippen LogP contribution in [0.3, 0.4) is 0 Å². The van der Waals surface area contributed by atoms with Crippen molar-refractivity contribution in [2.24, 2.45) is 0 Å². The van der Waals surface area contributed by atoms with Gasteiger partial charge in [0.15, 0.2) is 0 Å². The first-order valence-electron chi connectivity index (χ1n) is 11.0. The average Bonchev–Trinajstić information content (AvgIpc) is 2.89. The van der Waals surface area contributed by atoms with Gasteiger partial charge < -0.3 is 10.2 Å². The molecule has 5 rings (SSSR count). The maximum atomic E-state index is 11.2. The Kier molecular flexibility index (Phi) is 5.89. The zero-order chi connectivity index (χ0) is 25.1. The van der Waals surface area contributed by atoms with Gasteiger partial charge in [0.2, 0.25) is 0 Å². The van der Waals surface area contributed by atoms with Crippen molar-refractivity contribution in [1.29, 1.82) is 0 Å². The van der Waals surface area contributed by atoms with Gasteiger partial charge in [0.25, 0.3) is 0 Å². The van der Waals surface area contributed by atoms with E-state index in [-0.39, 0.29) is 11.1 Å². The lowest BCUT2D eigenvalue weighted by atomic mass is 10.1. The van der Waals surface area contributed by atoms with Crippen molar-refractivity contribution in [1.82, 2.24) is 4.98 Å². The molecule has 1 aromatic heterocycles. The van der Waals surface area contributed by atoms with E-state index in [1.54, 1.807) is 36.4 Å². The normalized spacial score (nSPS) is 10.2. The van der Waals surface area contributed by atoms with Crippen LogP contribution in [0.15, 0.2) is 91.0 Å². The van der Waals surface area contributed by atoms with Gasteiger partial charge >= 0.3 is 11.9 Å². The zero-order valence-corrected chi connectivity index (χ0v) is 18.8. The molecule has 0 amide bonds. The second kappa shape index (κ2) is 9.46. The highest BCUT2D eigenvalue weighted by Gasteiger charge is 2.04. The van der Waals surface area contributed by atoms with E-state index in [1.165, 1.54) is 12.1 Å². The van der Waals surface area contributed by atoms with Gasteiger partial charge in [0.1, 0.15) is 0 Å². The summed E-state index contributed by atoms with van der Waals surface area (Å²) in [5, 5.41) is 20.2. The molecular formula is C31H17NO4. The summed E-state index contributed by atoms with van der Waals surface area (Å²) in [7, 11) is 0. The number of carboxylic acid groups (broad SMARTS) is 2. The summed E-state index contributed by atoms with van der Waals surface area (Å²) < 4.78 is 0. The molecule has 0 aliphatic rings. The quantitative estimate of drug-likeness (QED) is 0.261. The van der Waals surface area contributed by atoms with E-state index >= 15 is 0 Å². The van der Waals surface area contributed by atoms with Crippen molar-refractivity contribution in [2.45, 2.75) is 0 Å². The van der Waals surface area contributed by atoms with E-state index in [1.807, 2.05) is 42.5 Å². The molecule has 0 aliphatic carbocycles. The molecule has 0 atom stereocenters. The number of fused-ring (bicyclic) bond motifs is 2. The Bertz CT molecular complexity index is 1680. The molecule has 5 aromatic rings. The van der Waals surface area contributed by atoms with Crippen LogP contribution in [0.4, 0.5) is 0 Å². The van der Waals surface area contributed by atoms with Crippen molar-refractivity contribution in [3.8, 4) is 23.7 Å². The number of aromatic nitrogens is 1. The number of pyridine rings is 1. The fraction of sp³-hybridized carbons (Fsp3) is 0. The van der Waals surface area contributed by atoms with Crippen molar-refractivity contribution < 1.29 is 19.8 Å². The van der Waals surface area contributed by atoms with Crippen molar-refractivity contribution in [2.75, 3.05) is 0 Å². The van der Waals surface area contributed by atoms with E-state index < -0.39 is 11.9 Å². The van der Waals surface area contributed by atoms with Gasteiger partial charge in [-0.1, -0.05) is 35.8 Å². The first-order chi connectivity index (χ1) is 17.4. The SMILES string of the molecule is O=C(O)c1cccc(C#Cc2ccc3nc4ccc(C#Cc5cccc(C(=O)O)c5)cc4cc3c2)c1. The molecule has 0 aliphatic heterocycles. The number of rotatable bonds is 2. The Hall–Kier alpha value is -5.39. The molecule has 5 nitrogen and oxygen atoms in total. The summed E-state index contributed by atoms with van der Waals surface area (Å²) in [5.41, 5.74) is 4.91. The first kappa shape index (κ1) is 22.4. The summed E-state index contributed by atoms with van der Waals surface area (Å²) in [6.07, 6.45) is 0. The van der Waals surface area contributed by atoms with E-state index in [0.29, 0.717) is 11.1 Å². The smallest absolute Gasteiger partial charge is 0.335 e. The Morgan fingerprint density at radius 2 is 0.944 bits per heavy atom. The van der Waals surface area contributed by atoms with Crippen LogP contribution in [-0.4, -0.2) is 27.1 Å². The number of benzene rings is 4. The highest BCUT2D eigenvalue weighted by atomic mass is 16.4.